The first kappa shape index (κ1) is 8.65. The molecule has 72 valence electrons. The molecule has 2 atom stereocenters. The van der Waals surface area contributed by atoms with Gasteiger partial charge in [-0.05, 0) is 12.8 Å². The maximum atomic E-state index is 9.86. The van der Waals surface area contributed by atoms with E-state index in [4.69, 9.17) is 4.74 Å². The highest BCUT2D eigenvalue weighted by Crippen LogP contribution is 2.25. The normalized spacial score (nSPS) is 24.9. The molecular weight excluding hydrogens is 170 g/mol. The minimum absolute atomic E-state index is 0.0859. The maximum Gasteiger partial charge on any atom is 0.123 e. The lowest BCUT2D eigenvalue weighted by molar-refractivity contribution is -0.00650. The topological polar surface area (TPSA) is 60.2 Å². The van der Waals surface area contributed by atoms with Gasteiger partial charge in [0.15, 0.2) is 0 Å². The van der Waals surface area contributed by atoms with Crippen molar-refractivity contribution in [2.75, 3.05) is 6.61 Å². The Balaban J connectivity index is 2.12. The molecule has 2 unspecified atom stereocenters. The van der Waals surface area contributed by atoms with Crippen LogP contribution in [0.1, 0.15) is 24.6 Å². The number of aromatic nitrogens is 3. The average Bonchev–Trinajstić information content (AvgIpc) is 2.72. The van der Waals surface area contributed by atoms with E-state index in [2.05, 4.69) is 10.3 Å². The molecule has 1 aliphatic heterocycles. The Morgan fingerprint density at radius 3 is 3.15 bits per heavy atom. The van der Waals surface area contributed by atoms with Crippen molar-refractivity contribution in [3.8, 4) is 0 Å². The van der Waals surface area contributed by atoms with Crippen LogP contribution in [0, 0.1) is 0 Å². The van der Waals surface area contributed by atoms with Gasteiger partial charge in [0.2, 0.25) is 0 Å². The van der Waals surface area contributed by atoms with Crippen molar-refractivity contribution in [3.05, 3.63) is 11.9 Å². The predicted octanol–water partition coefficient (Wildman–Crippen LogP) is 0.0275. The Morgan fingerprint density at radius 1 is 1.77 bits per heavy atom. The molecule has 13 heavy (non-hydrogen) atoms. The highest BCUT2D eigenvalue weighted by molar-refractivity contribution is 5.01. The van der Waals surface area contributed by atoms with E-state index in [0.29, 0.717) is 5.69 Å². The third-order valence-electron chi connectivity index (χ3n) is 2.37. The number of ether oxygens (including phenoxy) is 1. The number of aliphatic hydroxyl groups is 1. The van der Waals surface area contributed by atoms with E-state index < -0.39 is 6.10 Å². The highest BCUT2D eigenvalue weighted by Gasteiger charge is 2.27. The third-order valence-corrected chi connectivity index (χ3v) is 2.37. The Hall–Kier alpha value is -0.940. The fraction of sp³-hybridized carbons (Fsp3) is 0.750. The molecule has 1 aromatic rings. The monoisotopic (exact) mass is 183 g/mol. The number of aryl methyl sites for hydroxylation is 1. The zero-order chi connectivity index (χ0) is 9.26. The molecule has 0 aromatic carbocycles. The van der Waals surface area contributed by atoms with Crippen LogP contribution in [-0.4, -0.2) is 32.8 Å². The molecule has 1 saturated heterocycles. The summed E-state index contributed by atoms with van der Waals surface area (Å²) in [5.41, 5.74) is 0.715. The van der Waals surface area contributed by atoms with Crippen molar-refractivity contribution < 1.29 is 9.84 Å². The van der Waals surface area contributed by atoms with Crippen LogP contribution in [0.4, 0.5) is 0 Å². The largest absolute Gasteiger partial charge is 0.384 e. The predicted molar refractivity (Wildman–Crippen MR) is 44.9 cm³/mol. The molecule has 2 heterocycles. The summed E-state index contributed by atoms with van der Waals surface area (Å²) < 4.78 is 6.95. The summed E-state index contributed by atoms with van der Waals surface area (Å²) in [5, 5.41) is 17.3. The summed E-state index contributed by atoms with van der Waals surface area (Å²) in [5.74, 6) is 0. The Bertz CT molecular complexity index is 281. The first-order valence-corrected chi connectivity index (χ1v) is 4.43. The molecule has 0 aliphatic carbocycles. The van der Waals surface area contributed by atoms with Crippen molar-refractivity contribution in [2.24, 2.45) is 7.05 Å². The molecule has 0 saturated carbocycles. The molecule has 5 nitrogen and oxygen atoms in total. The minimum Gasteiger partial charge on any atom is -0.384 e. The second-order valence-corrected chi connectivity index (χ2v) is 3.28. The summed E-state index contributed by atoms with van der Waals surface area (Å²) in [7, 11) is 1.76. The van der Waals surface area contributed by atoms with Gasteiger partial charge in [-0.25, -0.2) is 4.68 Å². The van der Waals surface area contributed by atoms with Crippen LogP contribution in [0.5, 0.6) is 0 Å². The standard InChI is InChI=1S/C8H13N3O2/c1-11-6(5-9-10-11)8(12)7-3-2-4-13-7/h5,7-8,12H,2-4H2,1H3. The Labute approximate surface area is 76.3 Å². The van der Waals surface area contributed by atoms with E-state index in [1.165, 1.54) is 0 Å². The maximum absolute atomic E-state index is 9.86. The average molecular weight is 183 g/mol. The van der Waals surface area contributed by atoms with Crippen molar-refractivity contribution in [3.63, 3.8) is 0 Å². The van der Waals surface area contributed by atoms with Crippen molar-refractivity contribution in [1.82, 2.24) is 15.0 Å². The van der Waals surface area contributed by atoms with E-state index in [0.717, 1.165) is 19.4 Å². The fourth-order valence-corrected chi connectivity index (χ4v) is 1.61. The van der Waals surface area contributed by atoms with Crippen LogP contribution in [-0.2, 0) is 11.8 Å². The molecule has 1 fully saturated rings. The number of nitrogens with zero attached hydrogens (tertiary/aromatic N) is 3. The zero-order valence-corrected chi connectivity index (χ0v) is 7.55. The second-order valence-electron chi connectivity index (χ2n) is 3.28. The van der Waals surface area contributed by atoms with Gasteiger partial charge in [-0.1, -0.05) is 5.21 Å². The summed E-state index contributed by atoms with van der Waals surface area (Å²) in [6.45, 7) is 0.743. The van der Waals surface area contributed by atoms with Crippen LogP contribution >= 0.6 is 0 Å². The van der Waals surface area contributed by atoms with Crippen LogP contribution in [0.25, 0.3) is 0 Å². The van der Waals surface area contributed by atoms with Gasteiger partial charge in [0.05, 0.1) is 18.0 Å². The summed E-state index contributed by atoms with van der Waals surface area (Å²) in [6, 6.07) is 0. The molecule has 1 aliphatic rings. The van der Waals surface area contributed by atoms with E-state index in [9.17, 15) is 5.11 Å². The first-order chi connectivity index (χ1) is 6.29. The number of aliphatic hydroxyl groups excluding tert-OH is 1. The molecule has 1 N–H and O–H groups in total. The first-order valence-electron chi connectivity index (χ1n) is 4.43. The molecular formula is C8H13N3O2. The van der Waals surface area contributed by atoms with E-state index in [1.807, 2.05) is 0 Å². The Morgan fingerprint density at radius 2 is 2.62 bits per heavy atom. The van der Waals surface area contributed by atoms with Gasteiger partial charge in [0.25, 0.3) is 0 Å². The van der Waals surface area contributed by atoms with Gasteiger partial charge in [-0.2, -0.15) is 0 Å². The van der Waals surface area contributed by atoms with Gasteiger partial charge in [-0.3, -0.25) is 0 Å². The molecule has 1 aromatic heterocycles. The van der Waals surface area contributed by atoms with Crippen molar-refractivity contribution in [2.45, 2.75) is 25.0 Å². The lowest BCUT2D eigenvalue weighted by Crippen LogP contribution is -2.19. The van der Waals surface area contributed by atoms with Crippen LogP contribution in [0.3, 0.4) is 0 Å². The van der Waals surface area contributed by atoms with E-state index in [-0.39, 0.29) is 6.10 Å². The number of hydrogen-bond donors (Lipinski definition) is 1. The van der Waals surface area contributed by atoms with Gasteiger partial charge in [0.1, 0.15) is 6.10 Å². The fourth-order valence-electron chi connectivity index (χ4n) is 1.61. The van der Waals surface area contributed by atoms with Crippen LogP contribution in [0.2, 0.25) is 0 Å². The SMILES string of the molecule is Cn1nncc1C(O)C1CCCO1. The van der Waals surface area contributed by atoms with Crippen LogP contribution in [0.15, 0.2) is 6.20 Å². The third kappa shape index (κ3) is 1.57. The van der Waals surface area contributed by atoms with Crippen molar-refractivity contribution in [1.29, 1.82) is 0 Å². The van der Waals surface area contributed by atoms with Gasteiger partial charge in [-0.15, -0.1) is 5.10 Å². The molecule has 0 bridgehead atoms. The molecule has 0 spiro atoms. The molecule has 0 amide bonds. The lowest BCUT2D eigenvalue weighted by Gasteiger charge is -2.16. The number of rotatable bonds is 2. The second kappa shape index (κ2) is 3.43. The number of hydrogen-bond acceptors (Lipinski definition) is 4. The smallest absolute Gasteiger partial charge is 0.123 e. The van der Waals surface area contributed by atoms with Gasteiger partial charge in [0, 0.05) is 13.7 Å². The van der Waals surface area contributed by atoms with Gasteiger partial charge >= 0.3 is 0 Å². The van der Waals surface area contributed by atoms with E-state index >= 15 is 0 Å². The highest BCUT2D eigenvalue weighted by atomic mass is 16.5. The molecule has 0 radical (unpaired) electrons. The lowest BCUT2D eigenvalue weighted by atomic mass is 10.1. The minimum atomic E-state index is -0.595. The zero-order valence-electron chi connectivity index (χ0n) is 7.55. The quantitative estimate of drug-likeness (QED) is 0.702. The summed E-state index contributed by atoms with van der Waals surface area (Å²) in [6.07, 6.45) is 2.82. The van der Waals surface area contributed by atoms with Crippen molar-refractivity contribution >= 4 is 0 Å². The van der Waals surface area contributed by atoms with Gasteiger partial charge < -0.3 is 9.84 Å². The Kier molecular flexibility index (Phi) is 2.28. The summed E-state index contributed by atoms with van der Waals surface area (Å²) in [4.78, 5) is 0. The molecule has 2 rings (SSSR count). The van der Waals surface area contributed by atoms with Crippen LogP contribution < -0.4 is 0 Å². The van der Waals surface area contributed by atoms with E-state index in [1.54, 1.807) is 17.9 Å². The summed E-state index contributed by atoms with van der Waals surface area (Å²) >= 11 is 0. The molecule has 5 heteroatoms.